The van der Waals surface area contributed by atoms with Crippen LogP contribution in [0.5, 0.6) is 11.5 Å². The lowest BCUT2D eigenvalue weighted by atomic mass is 10.1. The van der Waals surface area contributed by atoms with Gasteiger partial charge in [0.1, 0.15) is 5.58 Å². The zero-order valence-corrected chi connectivity index (χ0v) is 15.7. The first-order valence-corrected chi connectivity index (χ1v) is 9.27. The van der Waals surface area contributed by atoms with E-state index in [0.717, 1.165) is 5.39 Å². The molecule has 1 aliphatic heterocycles. The summed E-state index contributed by atoms with van der Waals surface area (Å²) in [6.45, 7) is 0.156. The van der Waals surface area contributed by atoms with Gasteiger partial charge in [-0.2, -0.15) is 0 Å². The summed E-state index contributed by atoms with van der Waals surface area (Å²) in [5, 5.41) is 6.40. The Hall–Kier alpha value is -4.26. The van der Waals surface area contributed by atoms with Crippen LogP contribution in [0.25, 0.3) is 11.0 Å². The summed E-state index contributed by atoms with van der Waals surface area (Å²) in [5.74, 6) is 0.567. The van der Waals surface area contributed by atoms with Gasteiger partial charge in [-0.1, -0.05) is 30.3 Å². The van der Waals surface area contributed by atoms with Crippen LogP contribution < -0.4 is 20.1 Å². The molecule has 7 heteroatoms. The first-order valence-electron chi connectivity index (χ1n) is 9.27. The average molecular weight is 400 g/mol. The monoisotopic (exact) mass is 400 g/mol. The molecule has 5 rings (SSSR count). The summed E-state index contributed by atoms with van der Waals surface area (Å²) in [7, 11) is 0. The Morgan fingerprint density at radius 3 is 2.47 bits per heavy atom. The van der Waals surface area contributed by atoms with Crippen molar-refractivity contribution < 1.29 is 23.5 Å². The number of hydrogen-bond acceptors (Lipinski definition) is 5. The maximum Gasteiger partial charge on any atom is 0.291 e. The van der Waals surface area contributed by atoms with Crippen LogP contribution in [0.4, 0.5) is 11.4 Å². The molecule has 3 aromatic carbocycles. The van der Waals surface area contributed by atoms with Crippen LogP contribution in [0.3, 0.4) is 0 Å². The number of amides is 2. The second-order valence-electron chi connectivity index (χ2n) is 6.67. The quantitative estimate of drug-likeness (QED) is 0.520. The molecule has 1 aliphatic rings. The van der Waals surface area contributed by atoms with Crippen molar-refractivity contribution in [1.82, 2.24) is 0 Å². The van der Waals surface area contributed by atoms with E-state index in [1.807, 2.05) is 18.2 Å². The third-order valence-electron chi connectivity index (χ3n) is 4.70. The molecule has 30 heavy (non-hydrogen) atoms. The molecular weight excluding hydrogens is 384 g/mol. The van der Waals surface area contributed by atoms with Crippen molar-refractivity contribution >= 4 is 34.2 Å². The number of para-hydroxylation sites is 2. The van der Waals surface area contributed by atoms with Gasteiger partial charge in [0, 0.05) is 17.1 Å². The van der Waals surface area contributed by atoms with Gasteiger partial charge in [-0.15, -0.1) is 0 Å². The number of carbonyl (C=O) groups excluding carboxylic acids is 2. The number of nitrogens with one attached hydrogen (secondary N) is 2. The number of rotatable bonds is 4. The van der Waals surface area contributed by atoms with Crippen molar-refractivity contribution in [3.05, 3.63) is 84.1 Å². The molecule has 0 saturated heterocycles. The van der Waals surface area contributed by atoms with E-state index in [9.17, 15) is 9.59 Å². The second-order valence-corrected chi connectivity index (χ2v) is 6.67. The van der Waals surface area contributed by atoms with Gasteiger partial charge < -0.3 is 24.5 Å². The highest BCUT2D eigenvalue weighted by Gasteiger charge is 2.18. The molecule has 0 bridgehead atoms. The van der Waals surface area contributed by atoms with Crippen molar-refractivity contribution in [1.29, 1.82) is 0 Å². The van der Waals surface area contributed by atoms with Gasteiger partial charge in [0.15, 0.2) is 17.3 Å². The van der Waals surface area contributed by atoms with Gasteiger partial charge in [0.2, 0.25) is 6.79 Å². The third-order valence-corrected chi connectivity index (χ3v) is 4.70. The smallest absolute Gasteiger partial charge is 0.291 e. The highest BCUT2D eigenvalue weighted by molar-refractivity contribution is 6.12. The lowest BCUT2D eigenvalue weighted by molar-refractivity contribution is 0.0998. The minimum Gasteiger partial charge on any atom is -0.454 e. The van der Waals surface area contributed by atoms with Crippen LogP contribution in [0.1, 0.15) is 20.9 Å². The van der Waals surface area contributed by atoms with Crippen LogP contribution in [-0.4, -0.2) is 18.6 Å². The lowest BCUT2D eigenvalue weighted by Gasteiger charge is -2.11. The highest BCUT2D eigenvalue weighted by Crippen LogP contribution is 2.34. The molecule has 0 aliphatic carbocycles. The molecule has 7 nitrogen and oxygen atoms in total. The molecule has 0 saturated carbocycles. The number of hydrogen-bond donors (Lipinski definition) is 2. The molecule has 2 N–H and O–H groups in total. The Balaban J connectivity index is 1.37. The van der Waals surface area contributed by atoms with Gasteiger partial charge in [-0.25, -0.2) is 0 Å². The number of fused-ring (bicyclic) bond motifs is 2. The van der Waals surface area contributed by atoms with E-state index < -0.39 is 5.91 Å². The maximum atomic E-state index is 12.8. The van der Waals surface area contributed by atoms with Crippen LogP contribution in [0.15, 0.2) is 77.2 Å². The number of carbonyl (C=O) groups is 2. The largest absolute Gasteiger partial charge is 0.454 e. The number of furan rings is 1. The van der Waals surface area contributed by atoms with E-state index in [4.69, 9.17) is 13.9 Å². The van der Waals surface area contributed by atoms with Crippen LogP contribution >= 0.6 is 0 Å². The van der Waals surface area contributed by atoms with Crippen molar-refractivity contribution in [3.63, 3.8) is 0 Å². The fourth-order valence-electron chi connectivity index (χ4n) is 3.24. The molecule has 4 aromatic rings. The second kappa shape index (κ2) is 7.29. The molecule has 0 unspecified atom stereocenters. The van der Waals surface area contributed by atoms with E-state index in [-0.39, 0.29) is 18.5 Å². The van der Waals surface area contributed by atoms with Gasteiger partial charge in [-0.05, 0) is 36.4 Å². The Kier molecular flexibility index (Phi) is 4.33. The van der Waals surface area contributed by atoms with Crippen molar-refractivity contribution in [3.8, 4) is 11.5 Å². The molecule has 2 heterocycles. The number of anilines is 2. The zero-order chi connectivity index (χ0) is 20.5. The van der Waals surface area contributed by atoms with Crippen molar-refractivity contribution in [2.24, 2.45) is 0 Å². The molecule has 0 atom stereocenters. The average Bonchev–Trinajstić information content (AvgIpc) is 3.40. The van der Waals surface area contributed by atoms with E-state index in [1.54, 1.807) is 54.6 Å². The zero-order valence-electron chi connectivity index (χ0n) is 15.7. The fourth-order valence-corrected chi connectivity index (χ4v) is 3.24. The Morgan fingerprint density at radius 2 is 1.57 bits per heavy atom. The predicted octanol–water partition coefficient (Wildman–Crippen LogP) is 4.67. The first-order chi connectivity index (χ1) is 14.7. The van der Waals surface area contributed by atoms with Crippen molar-refractivity contribution in [2.45, 2.75) is 0 Å². The summed E-state index contributed by atoms with van der Waals surface area (Å²) in [6.07, 6.45) is 0. The first kappa shape index (κ1) is 17.8. The summed E-state index contributed by atoms with van der Waals surface area (Å²) in [6, 6.07) is 20.9. The summed E-state index contributed by atoms with van der Waals surface area (Å²) >= 11 is 0. The molecule has 2 amide bonds. The number of benzene rings is 3. The molecule has 1 aromatic heterocycles. The summed E-state index contributed by atoms with van der Waals surface area (Å²) in [4.78, 5) is 25.5. The lowest BCUT2D eigenvalue weighted by Crippen LogP contribution is -2.18. The molecule has 0 fully saturated rings. The van der Waals surface area contributed by atoms with E-state index >= 15 is 0 Å². The molecule has 0 radical (unpaired) electrons. The maximum absolute atomic E-state index is 12.8. The Morgan fingerprint density at radius 1 is 0.767 bits per heavy atom. The standard InChI is InChI=1S/C23H16N2O5/c26-22(24-15-9-10-19-20(12-15)29-13-28-19)16-6-2-3-7-17(16)25-23(27)21-11-14-5-1-4-8-18(14)30-21/h1-12H,13H2,(H,24,26)(H,25,27). The SMILES string of the molecule is O=C(Nc1ccccc1C(=O)Nc1ccc2c(c1)OCO2)c1cc2ccccc2o1. The number of ether oxygens (including phenoxy) is 2. The van der Waals surface area contributed by atoms with E-state index in [1.165, 1.54) is 0 Å². The van der Waals surface area contributed by atoms with Crippen LogP contribution in [-0.2, 0) is 0 Å². The third kappa shape index (κ3) is 3.33. The molecular formula is C23H16N2O5. The Labute approximate surface area is 171 Å². The molecule has 0 spiro atoms. The Bertz CT molecular complexity index is 1240. The molecule has 148 valence electrons. The normalized spacial score (nSPS) is 12.0. The van der Waals surface area contributed by atoms with Gasteiger partial charge in [-0.3, -0.25) is 9.59 Å². The van der Waals surface area contributed by atoms with E-state index in [0.29, 0.717) is 34.0 Å². The van der Waals surface area contributed by atoms with Crippen molar-refractivity contribution in [2.75, 3.05) is 17.4 Å². The summed E-state index contributed by atoms with van der Waals surface area (Å²) in [5.41, 5.74) is 1.87. The predicted molar refractivity (Wildman–Crippen MR) is 111 cm³/mol. The van der Waals surface area contributed by atoms with Gasteiger partial charge in [0.25, 0.3) is 11.8 Å². The van der Waals surface area contributed by atoms with E-state index in [2.05, 4.69) is 10.6 Å². The minimum atomic E-state index is -0.436. The fraction of sp³-hybridized carbons (Fsp3) is 0.0435. The van der Waals surface area contributed by atoms with Gasteiger partial charge in [0.05, 0.1) is 11.3 Å². The summed E-state index contributed by atoms with van der Waals surface area (Å²) < 4.78 is 16.2. The highest BCUT2D eigenvalue weighted by atomic mass is 16.7. The van der Waals surface area contributed by atoms with Crippen LogP contribution in [0.2, 0.25) is 0 Å². The van der Waals surface area contributed by atoms with Gasteiger partial charge >= 0.3 is 0 Å². The van der Waals surface area contributed by atoms with Crippen LogP contribution in [0, 0.1) is 0 Å². The topological polar surface area (TPSA) is 89.8 Å². The minimum absolute atomic E-state index is 0.156.